The Balaban J connectivity index is 1.96. The van der Waals surface area contributed by atoms with Gasteiger partial charge in [0.25, 0.3) is 0 Å². The molecule has 1 aliphatic heterocycles. The molecule has 2 rings (SSSR count). The molecule has 0 radical (unpaired) electrons. The van der Waals surface area contributed by atoms with E-state index in [1.54, 1.807) is 4.90 Å². The van der Waals surface area contributed by atoms with Gasteiger partial charge in [0.15, 0.2) is 3.95 Å². The second-order valence-electron chi connectivity index (χ2n) is 3.57. The molecule has 2 N–H and O–H groups in total. The van der Waals surface area contributed by atoms with Gasteiger partial charge in [-0.1, -0.05) is 11.3 Å². The highest BCUT2D eigenvalue weighted by Crippen LogP contribution is 2.17. The van der Waals surface area contributed by atoms with Crippen LogP contribution in [0.5, 0.6) is 0 Å². The number of carbonyl (C=O) groups is 1. The molecular weight excluding hydrogens is 232 g/mol. The van der Waals surface area contributed by atoms with Crippen LogP contribution in [0.25, 0.3) is 0 Å². The average Bonchev–Trinajstić information content (AvgIpc) is 2.58. The number of hydrogen-bond donors (Lipinski definition) is 2. The van der Waals surface area contributed by atoms with Crippen LogP contribution in [0.4, 0.5) is 5.13 Å². The third-order valence-electron chi connectivity index (χ3n) is 2.39. The van der Waals surface area contributed by atoms with Crippen LogP contribution in [-0.4, -0.2) is 40.6 Å². The highest BCUT2D eigenvalue weighted by Gasteiger charge is 2.23. The fraction of sp³-hybridized carbons (Fsp3) is 0.625. The molecule has 1 saturated heterocycles. The number of amides is 1. The molecule has 0 bridgehead atoms. The quantitative estimate of drug-likeness (QED) is 0.768. The second kappa shape index (κ2) is 4.28. The summed E-state index contributed by atoms with van der Waals surface area (Å²) in [6.07, 6.45) is 1.46. The number of likely N-dealkylation sites (tertiary alicyclic amines) is 1. The SMILES string of the molecule is CN1CC(Nc2n[nH]c(=S)s2)CCC1=O. The molecule has 1 fully saturated rings. The molecule has 15 heavy (non-hydrogen) atoms. The van der Waals surface area contributed by atoms with E-state index in [9.17, 15) is 4.79 Å². The molecule has 0 saturated carbocycles. The first-order valence-electron chi connectivity index (χ1n) is 4.71. The standard InChI is InChI=1S/C8H12N4OS2/c1-12-4-5(2-3-6(12)13)9-7-10-11-8(14)15-7/h5H,2-4H2,1H3,(H,9,10)(H,11,14). The predicted molar refractivity (Wildman–Crippen MR) is 61.6 cm³/mol. The zero-order valence-electron chi connectivity index (χ0n) is 8.32. The number of anilines is 1. The Morgan fingerprint density at radius 3 is 3.13 bits per heavy atom. The van der Waals surface area contributed by atoms with Crippen molar-refractivity contribution in [3.8, 4) is 0 Å². The van der Waals surface area contributed by atoms with Crippen LogP contribution in [0.3, 0.4) is 0 Å². The van der Waals surface area contributed by atoms with Crippen molar-refractivity contribution in [3.63, 3.8) is 0 Å². The first kappa shape index (κ1) is 10.6. The summed E-state index contributed by atoms with van der Waals surface area (Å²) in [5, 5.41) is 10.8. The Hall–Kier alpha value is -0.950. The molecule has 1 aliphatic rings. The van der Waals surface area contributed by atoms with Gasteiger partial charge in [-0.2, -0.15) is 0 Å². The molecule has 0 aromatic carbocycles. The number of H-pyrrole nitrogens is 1. The maximum Gasteiger partial charge on any atom is 0.222 e. The highest BCUT2D eigenvalue weighted by atomic mass is 32.1. The number of nitrogens with one attached hydrogen (secondary N) is 2. The summed E-state index contributed by atoms with van der Waals surface area (Å²) in [6, 6.07) is 0.279. The normalized spacial score (nSPS) is 21.8. The number of rotatable bonds is 2. The summed E-state index contributed by atoms with van der Waals surface area (Å²) in [5.41, 5.74) is 0. The molecular formula is C8H12N4OS2. The van der Waals surface area contributed by atoms with Crippen molar-refractivity contribution < 1.29 is 4.79 Å². The lowest BCUT2D eigenvalue weighted by molar-refractivity contribution is -0.132. The number of nitrogens with zero attached hydrogens (tertiary/aromatic N) is 2. The van der Waals surface area contributed by atoms with E-state index in [0.29, 0.717) is 10.4 Å². The van der Waals surface area contributed by atoms with Gasteiger partial charge in [-0.15, -0.1) is 5.10 Å². The molecule has 1 amide bonds. The molecule has 82 valence electrons. The largest absolute Gasteiger partial charge is 0.356 e. The summed E-state index contributed by atoms with van der Waals surface area (Å²) in [7, 11) is 1.82. The van der Waals surface area contributed by atoms with Gasteiger partial charge in [-0.05, 0) is 18.6 Å². The Morgan fingerprint density at radius 1 is 1.73 bits per heavy atom. The van der Waals surface area contributed by atoms with Crippen LogP contribution in [0, 0.1) is 3.95 Å². The summed E-state index contributed by atoms with van der Waals surface area (Å²) in [5.74, 6) is 0.211. The lowest BCUT2D eigenvalue weighted by atomic mass is 10.1. The molecule has 0 spiro atoms. The predicted octanol–water partition coefficient (Wildman–Crippen LogP) is 1.23. The van der Waals surface area contributed by atoms with Crippen LogP contribution >= 0.6 is 23.6 Å². The lowest BCUT2D eigenvalue weighted by Gasteiger charge is -2.29. The van der Waals surface area contributed by atoms with Gasteiger partial charge in [0.05, 0.1) is 0 Å². The molecule has 0 aliphatic carbocycles. The Kier molecular flexibility index (Phi) is 3.01. The van der Waals surface area contributed by atoms with Crippen molar-refractivity contribution in [1.29, 1.82) is 0 Å². The van der Waals surface area contributed by atoms with Gasteiger partial charge in [-0.3, -0.25) is 9.89 Å². The van der Waals surface area contributed by atoms with Gasteiger partial charge < -0.3 is 10.2 Å². The molecule has 5 nitrogen and oxygen atoms in total. The van der Waals surface area contributed by atoms with E-state index >= 15 is 0 Å². The minimum Gasteiger partial charge on any atom is -0.356 e. The maximum absolute atomic E-state index is 11.3. The lowest BCUT2D eigenvalue weighted by Crippen LogP contribution is -2.43. The number of aromatic nitrogens is 2. The van der Waals surface area contributed by atoms with Crippen molar-refractivity contribution in [1.82, 2.24) is 15.1 Å². The van der Waals surface area contributed by atoms with E-state index in [4.69, 9.17) is 12.2 Å². The summed E-state index contributed by atoms with van der Waals surface area (Å²) in [4.78, 5) is 13.0. The van der Waals surface area contributed by atoms with Crippen molar-refractivity contribution in [2.75, 3.05) is 18.9 Å². The van der Waals surface area contributed by atoms with Gasteiger partial charge in [0.1, 0.15) is 0 Å². The number of carbonyl (C=O) groups excluding carboxylic acids is 1. The minimum atomic E-state index is 0.211. The summed E-state index contributed by atoms with van der Waals surface area (Å²) < 4.78 is 0.665. The molecule has 7 heteroatoms. The van der Waals surface area contributed by atoms with E-state index in [-0.39, 0.29) is 11.9 Å². The fourth-order valence-corrected chi connectivity index (χ4v) is 2.46. The Bertz CT molecular complexity index is 413. The van der Waals surface area contributed by atoms with E-state index in [0.717, 1.165) is 18.1 Å². The van der Waals surface area contributed by atoms with E-state index in [1.807, 2.05) is 7.05 Å². The van der Waals surface area contributed by atoms with Crippen molar-refractivity contribution in [3.05, 3.63) is 3.95 Å². The molecule has 2 heterocycles. The van der Waals surface area contributed by atoms with Gasteiger partial charge >= 0.3 is 0 Å². The Morgan fingerprint density at radius 2 is 2.53 bits per heavy atom. The zero-order chi connectivity index (χ0) is 10.8. The Labute approximate surface area is 96.5 Å². The minimum absolute atomic E-state index is 0.211. The maximum atomic E-state index is 11.3. The molecule has 1 unspecified atom stereocenters. The number of piperidine rings is 1. The zero-order valence-corrected chi connectivity index (χ0v) is 9.95. The number of likely N-dealkylation sites (N-methyl/N-ethyl adjacent to an activating group) is 1. The van der Waals surface area contributed by atoms with Crippen molar-refractivity contribution in [2.24, 2.45) is 0 Å². The molecule has 1 aromatic rings. The number of aromatic amines is 1. The first-order chi connectivity index (χ1) is 7.15. The van der Waals surface area contributed by atoms with Crippen LogP contribution in [0.2, 0.25) is 0 Å². The monoisotopic (exact) mass is 244 g/mol. The highest BCUT2D eigenvalue weighted by molar-refractivity contribution is 7.73. The van der Waals surface area contributed by atoms with Crippen molar-refractivity contribution in [2.45, 2.75) is 18.9 Å². The van der Waals surface area contributed by atoms with Crippen LogP contribution in [0.15, 0.2) is 0 Å². The van der Waals surface area contributed by atoms with E-state index < -0.39 is 0 Å². The van der Waals surface area contributed by atoms with E-state index in [2.05, 4.69) is 15.5 Å². The smallest absolute Gasteiger partial charge is 0.222 e. The topological polar surface area (TPSA) is 61.0 Å². The molecule has 1 atom stereocenters. The van der Waals surface area contributed by atoms with Crippen LogP contribution in [0.1, 0.15) is 12.8 Å². The molecule has 1 aromatic heterocycles. The third kappa shape index (κ3) is 2.54. The number of hydrogen-bond acceptors (Lipinski definition) is 5. The average molecular weight is 244 g/mol. The van der Waals surface area contributed by atoms with Crippen LogP contribution in [-0.2, 0) is 4.79 Å². The first-order valence-corrected chi connectivity index (χ1v) is 5.93. The van der Waals surface area contributed by atoms with Gasteiger partial charge in [0.2, 0.25) is 11.0 Å². The van der Waals surface area contributed by atoms with E-state index in [1.165, 1.54) is 11.3 Å². The van der Waals surface area contributed by atoms with Gasteiger partial charge in [0, 0.05) is 26.1 Å². The second-order valence-corrected chi connectivity index (χ2v) is 5.24. The van der Waals surface area contributed by atoms with Gasteiger partial charge in [-0.25, -0.2) is 0 Å². The van der Waals surface area contributed by atoms with Crippen LogP contribution < -0.4 is 5.32 Å². The summed E-state index contributed by atoms with van der Waals surface area (Å²) >= 11 is 6.36. The van der Waals surface area contributed by atoms with Crippen molar-refractivity contribution >= 4 is 34.6 Å². The third-order valence-corrected chi connectivity index (χ3v) is 3.41. The summed E-state index contributed by atoms with van der Waals surface area (Å²) in [6.45, 7) is 0.727. The fourth-order valence-electron chi connectivity index (χ4n) is 1.60.